The van der Waals surface area contributed by atoms with Crippen molar-refractivity contribution in [1.29, 1.82) is 0 Å². The Balaban J connectivity index is 1.48. The van der Waals surface area contributed by atoms with Gasteiger partial charge in [0.2, 0.25) is 16.0 Å². The maximum atomic E-state index is 13.3. The number of sulfonamides is 1. The van der Waals surface area contributed by atoms with E-state index in [2.05, 4.69) is 14.8 Å². The molecule has 0 unspecified atom stereocenters. The van der Waals surface area contributed by atoms with E-state index >= 15 is 0 Å². The smallest absolute Gasteiger partial charge is 0.243 e. The molecule has 4 rings (SSSR count). The molecule has 30 heavy (non-hydrogen) atoms. The minimum Gasteiger partial charge on any atom is -0.378 e. The molecule has 0 radical (unpaired) electrons. The lowest BCUT2D eigenvalue weighted by Gasteiger charge is -2.35. The van der Waals surface area contributed by atoms with E-state index in [1.807, 2.05) is 39.0 Å². The van der Waals surface area contributed by atoms with Crippen molar-refractivity contribution in [3.8, 4) is 0 Å². The molecule has 0 amide bonds. The molecule has 0 saturated carbocycles. The van der Waals surface area contributed by atoms with Crippen LogP contribution in [0, 0.1) is 20.8 Å². The van der Waals surface area contributed by atoms with E-state index < -0.39 is 10.0 Å². The van der Waals surface area contributed by atoms with E-state index in [0.717, 1.165) is 35.6 Å². The summed E-state index contributed by atoms with van der Waals surface area (Å²) in [5, 5.41) is 0. The zero-order valence-corrected chi connectivity index (χ0v) is 18.7. The largest absolute Gasteiger partial charge is 0.378 e. The summed E-state index contributed by atoms with van der Waals surface area (Å²) in [4.78, 5) is 13.8. The first kappa shape index (κ1) is 21.0. The summed E-state index contributed by atoms with van der Waals surface area (Å²) < 4.78 is 33.6. The number of morpholine rings is 1. The number of aromatic nitrogens is 2. The van der Waals surface area contributed by atoms with Crippen LogP contribution in [0.15, 0.2) is 29.3 Å². The lowest BCUT2D eigenvalue weighted by Crippen LogP contribution is -2.49. The van der Waals surface area contributed by atoms with Gasteiger partial charge in [0.15, 0.2) is 0 Å². The van der Waals surface area contributed by atoms with Gasteiger partial charge in [-0.2, -0.15) is 9.29 Å². The van der Waals surface area contributed by atoms with Gasteiger partial charge in [0.1, 0.15) is 5.82 Å². The van der Waals surface area contributed by atoms with Gasteiger partial charge in [-0.05, 0) is 38.0 Å². The Bertz CT molecular complexity index is 990. The zero-order valence-electron chi connectivity index (χ0n) is 17.8. The average Bonchev–Trinajstić information content (AvgIpc) is 2.74. The second kappa shape index (κ2) is 8.49. The van der Waals surface area contributed by atoms with E-state index in [1.165, 1.54) is 0 Å². The van der Waals surface area contributed by atoms with Crippen molar-refractivity contribution in [3.05, 3.63) is 41.1 Å². The molecule has 162 valence electrons. The van der Waals surface area contributed by atoms with Crippen LogP contribution in [0.25, 0.3) is 0 Å². The molecule has 1 aromatic carbocycles. The predicted octanol–water partition coefficient (Wildman–Crippen LogP) is 1.75. The predicted molar refractivity (Wildman–Crippen MR) is 117 cm³/mol. The molecule has 2 aromatic rings. The molecule has 2 aliphatic rings. The van der Waals surface area contributed by atoms with E-state index in [4.69, 9.17) is 9.72 Å². The Morgan fingerprint density at radius 3 is 2.17 bits per heavy atom. The van der Waals surface area contributed by atoms with Gasteiger partial charge in [-0.3, -0.25) is 0 Å². The van der Waals surface area contributed by atoms with Crippen LogP contribution < -0.4 is 9.80 Å². The first-order valence-electron chi connectivity index (χ1n) is 10.3. The highest BCUT2D eigenvalue weighted by atomic mass is 32.2. The van der Waals surface area contributed by atoms with Crippen LogP contribution in [-0.4, -0.2) is 75.2 Å². The summed E-state index contributed by atoms with van der Waals surface area (Å²) in [6, 6.07) is 5.76. The first-order chi connectivity index (χ1) is 14.4. The van der Waals surface area contributed by atoms with Gasteiger partial charge in [0.25, 0.3) is 0 Å². The van der Waals surface area contributed by atoms with Gasteiger partial charge < -0.3 is 14.5 Å². The van der Waals surface area contributed by atoms with Crippen molar-refractivity contribution in [2.45, 2.75) is 25.7 Å². The van der Waals surface area contributed by atoms with Crippen LogP contribution in [0.5, 0.6) is 0 Å². The number of piperazine rings is 1. The van der Waals surface area contributed by atoms with Crippen LogP contribution in [0.2, 0.25) is 0 Å². The minimum atomic E-state index is -3.52. The van der Waals surface area contributed by atoms with Gasteiger partial charge in [0.05, 0.1) is 18.1 Å². The maximum Gasteiger partial charge on any atom is 0.243 e. The number of nitrogens with zero attached hydrogens (tertiary/aromatic N) is 5. The fourth-order valence-corrected chi connectivity index (χ4v) is 6.13. The Morgan fingerprint density at radius 1 is 0.900 bits per heavy atom. The quantitative estimate of drug-likeness (QED) is 0.730. The van der Waals surface area contributed by atoms with Crippen molar-refractivity contribution in [2.24, 2.45) is 0 Å². The fourth-order valence-electron chi connectivity index (χ4n) is 4.29. The molecule has 2 aliphatic heterocycles. The first-order valence-corrected chi connectivity index (χ1v) is 11.8. The van der Waals surface area contributed by atoms with Gasteiger partial charge in [-0.25, -0.2) is 13.4 Å². The van der Waals surface area contributed by atoms with Gasteiger partial charge in [-0.1, -0.05) is 17.7 Å². The standard InChI is InChI=1S/C21H29N5O3S/c1-16-14-17(2)20(18(3)15-16)30(27,28)26-8-6-24(7-9-26)19-4-5-22-21(23-19)25-10-12-29-13-11-25/h4-5,14-15H,6-13H2,1-3H3. The molecule has 8 nitrogen and oxygen atoms in total. The monoisotopic (exact) mass is 431 g/mol. The van der Waals surface area contributed by atoms with Gasteiger partial charge >= 0.3 is 0 Å². The summed E-state index contributed by atoms with van der Waals surface area (Å²) in [5.41, 5.74) is 2.69. The normalized spacial score (nSPS) is 18.6. The van der Waals surface area contributed by atoms with Crippen LogP contribution in [0.3, 0.4) is 0 Å². The zero-order chi connectivity index (χ0) is 21.3. The number of rotatable bonds is 4. The van der Waals surface area contributed by atoms with Crippen molar-refractivity contribution >= 4 is 21.8 Å². The fraction of sp³-hybridized carbons (Fsp3) is 0.524. The van der Waals surface area contributed by atoms with E-state index in [-0.39, 0.29) is 0 Å². The molecule has 0 spiro atoms. The Labute approximate surface area is 178 Å². The molecule has 2 fully saturated rings. The number of ether oxygens (including phenoxy) is 1. The average molecular weight is 432 g/mol. The van der Waals surface area contributed by atoms with Gasteiger partial charge in [-0.15, -0.1) is 0 Å². The Hall–Kier alpha value is -2.23. The molecular weight excluding hydrogens is 402 g/mol. The second-order valence-corrected chi connectivity index (χ2v) is 9.81. The summed E-state index contributed by atoms with van der Waals surface area (Å²) >= 11 is 0. The highest BCUT2D eigenvalue weighted by molar-refractivity contribution is 7.89. The van der Waals surface area contributed by atoms with Gasteiger partial charge in [0, 0.05) is 45.5 Å². The highest BCUT2D eigenvalue weighted by Crippen LogP contribution is 2.27. The van der Waals surface area contributed by atoms with Crippen molar-refractivity contribution in [2.75, 3.05) is 62.3 Å². The molecule has 9 heteroatoms. The Morgan fingerprint density at radius 2 is 1.53 bits per heavy atom. The number of hydrogen-bond donors (Lipinski definition) is 0. The van der Waals surface area contributed by atoms with Crippen LogP contribution >= 0.6 is 0 Å². The SMILES string of the molecule is Cc1cc(C)c(S(=O)(=O)N2CCN(c3ccnc(N4CCOCC4)n3)CC2)c(C)c1. The van der Waals surface area contributed by atoms with Crippen LogP contribution in [0.4, 0.5) is 11.8 Å². The van der Waals surface area contributed by atoms with E-state index in [1.54, 1.807) is 10.5 Å². The molecule has 0 atom stereocenters. The third-order valence-corrected chi connectivity index (χ3v) is 7.89. The molecule has 0 N–H and O–H groups in total. The third kappa shape index (κ3) is 4.14. The lowest BCUT2D eigenvalue weighted by molar-refractivity contribution is 0.122. The molecule has 0 aliphatic carbocycles. The molecule has 1 aromatic heterocycles. The summed E-state index contributed by atoms with van der Waals surface area (Å²) in [6.45, 7) is 10.7. The van der Waals surface area contributed by atoms with Crippen LogP contribution in [-0.2, 0) is 14.8 Å². The summed E-state index contributed by atoms with van der Waals surface area (Å²) in [7, 11) is -3.52. The highest BCUT2D eigenvalue weighted by Gasteiger charge is 2.31. The van der Waals surface area contributed by atoms with E-state index in [9.17, 15) is 8.42 Å². The summed E-state index contributed by atoms with van der Waals surface area (Å²) in [5.74, 6) is 1.54. The number of anilines is 2. The third-order valence-electron chi connectivity index (χ3n) is 5.69. The number of aryl methyl sites for hydroxylation is 3. The van der Waals surface area contributed by atoms with Crippen LogP contribution in [0.1, 0.15) is 16.7 Å². The molecule has 0 bridgehead atoms. The molecule has 3 heterocycles. The molecule has 2 saturated heterocycles. The molecular formula is C21H29N5O3S. The lowest BCUT2D eigenvalue weighted by atomic mass is 10.1. The Kier molecular flexibility index (Phi) is 5.95. The van der Waals surface area contributed by atoms with Crippen molar-refractivity contribution < 1.29 is 13.2 Å². The second-order valence-electron chi connectivity index (χ2n) is 7.93. The maximum absolute atomic E-state index is 13.3. The summed E-state index contributed by atoms with van der Waals surface area (Å²) in [6.07, 6.45) is 1.77. The van der Waals surface area contributed by atoms with Crippen molar-refractivity contribution in [1.82, 2.24) is 14.3 Å². The number of benzene rings is 1. The van der Waals surface area contributed by atoms with Crippen molar-refractivity contribution in [3.63, 3.8) is 0 Å². The van der Waals surface area contributed by atoms with E-state index in [0.29, 0.717) is 50.2 Å². The minimum absolute atomic E-state index is 0.436. The number of hydrogen-bond acceptors (Lipinski definition) is 7. The topological polar surface area (TPSA) is 78.9 Å².